The number of fused-ring (bicyclic) bond motifs is 1. The number of nitrogens with one attached hydrogen (secondary N) is 1. The highest BCUT2D eigenvalue weighted by molar-refractivity contribution is 6.14. The summed E-state index contributed by atoms with van der Waals surface area (Å²) in [5, 5.41) is 4.41. The summed E-state index contributed by atoms with van der Waals surface area (Å²) in [6, 6.07) is 15.4. The van der Waals surface area contributed by atoms with Crippen LogP contribution in [-0.2, 0) is 0 Å². The van der Waals surface area contributed by atoms with Crippen molar-refractivity contribution in [3.05, 3.63) is 65.4 Å². The summed E-state index contributed by atoms with van der Waals surface area (Å²) >= 11 is 0. The second-order valence-electron chi connectivity index (χ2n) is 6.48. The van der Waals surface area contributed by atoms with Crippen LogP contribution in [0.4, 0.5) is 5.69 Å². The maximum absolute atomic E-state index is 12.9. The number of hydrogen-bond donors (Lipinski definition) is 1. The Bertz CT molecular complexity index is 846. The molecule has 0 fully saturated rings. The van der Waals surface area contributed by atoms with Gasteiger partial charge in [0.1, 0.15) is 5.58 Å². The van der Waals surface area contributed by atoms with Crippen molar-refractivity contribution in [2.24, 2.45) is 0 Å². The van der Waals surface area contributed by atoms with Gasteiger partial charge in [0, 0.05) is 17.5 Å². The number of carbonyl (C=O) groups is 1. The van der Waals surface area contributed by atoms with E-state index in [0.717, 1.165) is 35.2 Å². The summed E-state index contributed by atoms with van der Waals surface area (Å²) in [4.78, 5) is 12.9. The largest absolute Gasteiger partial charge is 0.450 e. The molecule has 0 atom stereocenters. The molecule has 3 rings (SSSR count). The number of hydrogen-bond acceptors (Lipinski definition) is 3. The van der Waals surface area contributed by atoms with Crippen LogP contribution in [0.2, 0.25) is 0 Å². The molecular weight excluding hydrogens is 310 g/mol. The molecule has 2 aromatic carbocycles. The molecule has 1 N–H and O–H groups in total. The van der Waals surface area contributed by atoms with Crippen molar-refractivity contribution in [1.82, 2.24) is 0 Å². The van der Waals surface area contributed by atoms with E-state index in [4.69, 9.17) is 4.42 Å². The van der Waals surface area contributed by atoms with Gasteiger partial charge in [-0.1, -0.05) is 68.1 Å². The number of aryl methyl sites for hydroxylation is 1. The summed E-state index contributed by atoms with van der Waals surface area (Å²) in [5.41, 5.74) is 3.35. The highest BCUT2D eigenvalue weighted by Gasteiger charge is 2.21. The lowest BCUT2D eigenvalue weighted by atomic mass is 10.1. The van der Waals surface area contributed by atoms with E-state index >= 15 is 0 Å². The summed E-state index contributed by atoms with van der Waals surface area (Å²) in [6.45, 7) is 5.06. The van der Waals surface area contributed by atoms with Crippen molar-refractivity contribution in [1.29, 1.82) is 0 Å². The summed E-state index contributed by atoms with van der Waals surface area (Å²) in [7, 11) is 0. The quantitative estimate of drug-likeness (QED) is 0.407. The molecule has 0 bridgehead atoms. The third-order valence-electron chi connectivity index (χ3n) is 4.45. The standard InChI is InChI=1S/C22H25NO2/c1-3-4-5-8-15-23-20-18-9-6-7-10-19(18)25-22(20)21(24)17-13-11-16(2)12-14-17/h6-7,9-14,23H,3-5,8,15H2,1-2H3. The Morgan fingerprint density at radius 2 is 1.76 bits per heavy atom. The van der Waals surface area contributed by atoms with Crippen molar-refractivity contribution in [2.45, 2.75) is 39.5 Å². The minimum absolute atomic E-state index is 0.0766. The first-order chi connectivity index (χ1) is 12.2. The first kappa shape index (κ1) is 17.3. The third kappa shape index (κ3) is 3.93. The van der Waals surface area contributed by atoms with Gasteiger partial charge in [-0.05, 0) is 25.5 Å². The molecule has 0 aliphatic carbocycles. The second kappa shape index (κ2) is 8.02. The van der Waals surface area contributed by atoms with Crippen LogP contribution in [0.25, 0.3) is 11.0 Å². The molecule has 3 nitrogen and oxygen atoms in total. The number of para-hydroxylation sites is 1. The zero-order valence-corrected chi connectivity index (χ0v) is 15.0. The fraction of sp³-hybridized carbons (Fsp3) is 0.318. The Morgan fingerprint density at radius 3 is 2.52 bits per heavy atom. The number of rotatable bonds is 8. The lowest BCUT2D eigenvalue weighted by Crippen LogP contribution is -2.07. The minimum Gasteiger partial charge on any atom is -0.450 e. The average molecular weight is 335 g/mol. The molecular formula is C22H25NO2. The van der Waals surface area contributed by atoms with Gasteiger partial charge in [-0.15, -0.1) is 0 Å². The van der Waals surface area contributed by atoms with Crippen molar-refractivity contribution in [3.63, 3.8) is 0 Å². The topological polar surface area (TPSA) is 42.2 Å². The predicted molar refractivity (Wildman–Crippen MR) is 103 cm³/mol. The van der Waals surface area contributed by atoms with E-state index in [-0.39, 0.29) is 5.78 Å². The number of ketones is 1. The zero-order chi connectivity index (χ0) is 17.6. The van der Waals surface area contributed by atoms with Gasteiger partial charge in [0.15, 0.2) is 5.76 Å². The molecule has 3 heteroatoms. The molecule has 25 heavy (non-hydrogen) atoms. The van der Waals surface area contributed by atoms with Crippen LogP contribution in [0.15, 0.2) is 52.9 Å². The predicted octanol–water partition coefficient (Wildman–Crippen LogP) is 5.96. The van der Waals surface area contributed by atoms with E-state index in [1.807, 2.05) is 55.5 Å². The molecule has 0 saturated carbocycles. The first-order valence-electron chi connectivity index (χ1n) is 9.07. The van der Waals surface area contributed by atoms with E-state index in [1.54, 1.807) is 0 Å². The number of furan rings is 1. The molecule has 3 aromatic rings. The van der Waals surface area contributed by atoms with Gasteiger partial charge in [0.25, 0.3) is 0 Å². The first-order valence-corrected chi connectivity index (χ1v) is 9.07. The molecule has 0 radical (unpaired) electrons. The Labute approximate surface area is 149 Å². The van der Waals surface area contributed by atoms with Gasteiger partial charge < -0.3 is 9.73 Å². The maximum Gasteiger partial charge on any atom is 0.230 e. The van der Waals surface area contributed by atoms with Gasteiger partial charge in [0.2, 0.25) is 5.78 Å². The van der Waals surface area contributed by atoms with Gasteiger partial charge in [-0.3, -0.25) is 4.79 Å². The van der Waals surface area contributed by atoms with Crippen LogP contribution in [-0.4, -0.2) is 12.3 Å². The molecule has 0 spiro atoms. The summed E-state index contributed by atoms with van der Waals surface area (Å²) < 4.78 is 5.91. The molecule has 130 valence electrons. The second-order valence-corrected chi connectivity index (χ2v) is 6.48. The van der Waals surface area contributed by atoms with Crippen LogP contribution in [0, 0.1) is 6.92 Å². The normalized spacial score (nSPS) is 11.0. The van der Waals surface area contributed by atoms with E-state index < -0.39 is 0 Å². The highest BCUT2D eigenvalue weighted by atomic mass is 16.3. The van der Waals surface area contributed by atoms with Gasteiger partial charge in [-0.25, -0.2) is 0 Å². The van der Waals surface area contributed by atoms with Gasteiger partial charge in [0.05, 0.1) is 5.69 Å². The smallest absolute Gasteiger partial charge is 0.230 e. The Balaban J connectivity index is 1.89. The minimum atomic E-state index is -0.0766. The monoisotopic (exact) mass is 335 g/mol. The number of carbonyl (C=O) groups excluding carboxylic acids is 1. The fourth-order valence-corrected chi connectivity index (χ4v) is 2.98. The summed E-state index contributed by atoms with van der Waals surface area (Å²) in [6.07, 6.45) is 4.74. The SMILES string of the molecule is CCCCCCNc1c(C(=O)c2ccc(C)cc2)oc2ccccc12. The van der Waals surface area contributed by atoms with Crippen molar-refractivity contribution >= 4 is 22.4 Å². The van der Waals surface area contributed by atoms with E-state index in [2.05, 4.69) is 12.2 Å². The Kier molecular flexibility index (Phi) is 5.54. The van der Waals surface area contributed by atoms with Gasteiger partial charge >= 0.3 is 0 Å². The lowest BCUT2D eigenvalue weighted by Gasteiger charge is -2.07. The molecule has 0 aliphatic heterocycles. The molecule has 0 aliphatic rings. The molecule has 0 saturated heterocycles. The van der Waals surface area contributed by atoms with E-state index in [0.29, 0.717) is 11.3 Å². The van der Waals surface area contributed by atoms with Crippen molar-refractivity contribution in [3.8, 4) is 0 Å². The van der Waals surface area contributed by atoms with E-state index in [9.17, 15) is 4.79 Å². The molecule has 0 unspecified atom stereocenters. The third-order valence-corrected chi connectivity index (χ3v) is 4.45. The zero-order valence-electron chi connectivity index (χ0n) is 15.0. The van der Waals surface area contributed by atoms with Crippen LogP contribution in [0.5, 0.6) is 0 Å². The van der Waals surface area contributed by atoms with E-state index in [1.165, 1.54) is 19.3 Å². The van der Waals surface area contributed by atoms with Crippen LogP contribution < -0.4 is 5.32 Å². The molecule has 1 heterocycles. The summed E-state index contributed by atoms with van der Waals surface area (Å²) in [5.74, 6) is 0.327. The molecule has 1 aromatic heterocycles. The van der Waals surface area contributed by atoms with Gasteiger partial charge in [-0.2, -0.15) is 0 Å². The maximum atomic E-state index is 12.9. The van der Waals surface area contributed by atoms with Crippen LogP contribution in [0.1, 0.15) is 54.3 Å². The highest BCUT2D eigenvalue weighted by Crippen LogP contribution is 2.32. The fourth-order valence-electron chi connectivity index (χ4n) is 2.98. The molecule has 0 amide bonds. The van der Waals surface area contributed by atoms with Crippen molar-refractivity contribution < 1.29 is 9.21 Å². The van der Waals surface area contributed by atoms with Crippen LogP contribution >= 0.6 is 0 Å². The number of benzene rings is 2. The Morgan fingerprint density at radius 1 is 1.00 bits per heavy atom. The number of anilines is 1. The van der Waals surface area contributed by atoms with Crippen LogP contribution in [0.3, 0.4) is 0 Å². The van der Waals surface area contributed by atoms with Crippen molar-refractivity contribution in [2.75, 3.05) is 11.9 Å². The Hall–Kier alpha value is -2.55. The average Bonchev–Trinajstić information content (AvgIpc) is 3.00. The lowest BCUT2D eigenvalue weighted by molar-refractivity contribution is 0.101. The number of unbranched alkanes of at least 4 members (excludes halogenated alkanes) is 3.